The van der Waals surface area contributed by atoms with Gasteiger partial charge < -0.3 is 15.0 Å². The van der Waals surface area contributed by atoms with Crippen molar-refractivity contribution >= 4 is 22.5 Å². The second-order valence-electron chi connectivity index (χ2n) is 8.83. The minimum atomic E-state index is -1.43. The van der Waals surface area contributed by atoms with E-state index in [0.717, 1.165) is 25.9 Å². The average Bonchev–Trinajstić information content (AvgIpc) is 3.47. The fourth-order valence-electron chi connectivity index (χ4n) is 4.36. The summed E-state index contributed by atoms with van der Waals surface area (Å²) >= 11 is 0. The summed E-state index contributed by atoms with van der Waals surface area (Å²) in [5, 5.41) is 14.6. The molecule has 1 amide bonds. The smallest absolute Gasteiger partial charge is 0.276 e. The van der Waals surface area contributed by atoms with Crippen LogP contribution in [0.5, 0.6) is 5.75 Å². The highest BCUT2D eigenvalue weighted by molar-refractivity contribution is 6.11. The molecule has 182 valence electrons. The van der Waals surface area contributed by atoms with Crippen molar-refractivity contribution < 1.29 is 18.3 Å². The Balaban J connectivity index is 1.38. The van der Waals surface area contributed by atoms with Gasteiger partial charge in [-0.05, 0) is 63.3 Å². The third-order valence-corrected chi connectivity index (χ3v) is 6.25. The third-order valence-electron chi connectivity index (χ3n) is 6.25. The van der Waals surface area contributed by atoms with Crippen LogP contribution in [-0.2, 0) is 0 Å². The summed E-state index contributed by atoms with van der Waals surface area (Å²) in [4.78, 5) is 15.2. The first kappa shape index (κ1) is 23.0. The van der Waals surface area contributed by atoms with Crippen LogP contribution in [0.4, 0.5) is 14.5 Å². The van der Waals surface area contributed by atoms with E-state index in [4.69, 9.17) is 4.74 Å². The minimum Gasteiger partial charge on any atom is -0.461 e. The number of alkyl halides is 1. The predicted molar refractivity (Wildman–Crippen MR) is 129 cm³/mol. The van der Waals surface area contributed by atoms with Crippen LogP contribution >= 0.6 is 0 Å². The lowest BCUT2D eigenvalue weighted by Crippen LogP contribution is -2.31. The Morgan fingerprint density at radius 1 is 1.23 bits per heavy atom. The van der Waals surface area contributed by atoms with Crippen LogP contribution in [0.25, 0.3) is 22.0 Å². The lowest BCUT2D eigenvalue weighted by atomic mass is 10.0. The van der Waals surface area contributed by atoms with Crippen LogP contribution in [0.3, 0.4) is 0 Å². The zero-order valence-electron chi connectivity index (χ0n) is 19.5. The number of hydrogen-bond acceptors (Lipinski definition) is 5. The van der Waals surface area contributed by atoms with Crippen molar-refractivity contribution in [2.24, 2.45) is 0 Å². The number of piperidine rings is 1. The molecular weight excluding hydrogens is 454 g/mol. The van der Waals surface area contributed by atoms with Crippen molar-refractivity contribution in [3.8, 4) is 16.9 Å². The van der Waals surface area contributed by atoms with E-state index in [1.54, 1.807) is 36.5 Å². The lowest BCUT2D eigenvalue weighted by Gasteiger charge is -2.28. The summed E-state index contributed by atoms with van der Waals surface area (Å²) in [6.45, 7) is 3.28. The third kappa shape index (κ3) is 4.88. The highest BCUT2D eigenvalue weighted by Crippen LogP contribution is 2.30. The molecule has 10 heteroatoms. The Hall–Kier alpha value is -3.79. The minimum absolute atomic E-state index is 0.140. The number of anilines is 1. The van der Waals surface area contributed by atoms with Crippen molar-refractivity contribution in [3.63, 3.8) is 0 Å². The molecule has 35 heavy (non-hydrogen) atoms. The fraction of sp³-hybridized carbons (Fsp3) is 0.320. The molecule has 8 nitrogen and oxygen atoms in total. The number of nitrogens with one attached hydrogen (secondary N) is 2. The van der Waals surface area contributed by atoms with Crippen molar-refractivity contribution in [2.45, 2.75) is 32.2 Å². The molecule has 1 aliphatic rings. The molecular formula is C25H26F2N6O2. The first-order valence-electron chi connectivity index (χ1n) is 11.5. The Morgan fingerprint density at radius 2 is 1.97 bits per heavy atom. The Bertz CT molecular complexity index is 1340. The summed E-state index contributed by atoms with van der Waals surface area (Å²) in [5.41, 5.74) is 2.05. The van der Waals surface area contributed by atoms with Crippen LogP contribution in [0.2, 0.25) is 0 Å². The first-order chi connectivity index (χ1) is 16.9. The molecule has 2 N–H and O–H groups in total. The number of aromatic amines is 1. The monoisotopic (exact) mass is 480 g/mol. The number of carbonyl (C=O) groups excluding carboxylic acids is 1. The molecule has 0 aliphatic carbocycles. The quantitative estimate of drug-likeness (QED) is 0.415. The van der Waals surface area contributed by atoms with Gasteiger partial charge in [-0.15, -0.1) is 0 Å². The molecule has 0 bridgehead atoms. The Labute approximate surface area is 200 Å². The van der Waals surface area contributed by atoms with Crippen LogP contribution in [0, 0.1) is 5.82 Å². The number of likely N-dealkylation sites (tertiary alicyclic amines) is 1. The van der Waals surface area contributed by atoms with E-state index in [2.05, 4.69) is 32.6 Å². The standard InChI is InChI=1S/C25H26F2N6O2/c1-15(26)35-19-5-3-17(4-6-19)29-25(34)24-21-11-20(22(27)12-23(21)30-31-24)16-13-28-33(14-16)18-7-9-32(2)10-8-18/h3-6,11-15,18H,7-10H2,1-2H3,(H,29,34)(H,30,31). The number of H-pyrrole nitrogens is 1. The van der Waals surface area contributed by atoms with Gasteiger partial charge in [0.25, 0.3) is 5.91 Å². The Morgan fingerprint density at radius 3 is 2.69 bits per heavy atom. The zero-order valence-corrected chi connectivity index (χ0v) is 19.5. The molecule has 1 saturated heterocycles. The van der Waals surface area contributed by atoms with Gasteiger partial charge in [-0.1, -0.05) is 0 Å². The second-order valence-corrected chi connectivity index (χ2v) is 8.83. The number of benzene rings is 2. The number of rotatable bonds is 6. The van der Waals surface area contributed by atoms with Gasteiger partial charge in [0.05, 0.1) is 17.8 Å². The van der Waals surface area contributed by atoms with E-state index in [9.17, 15) is 13.6 Å². The van der Waals surface area contributed by atoms with E-state index < -0.39 is 18.1 Å². The SMILES string of the molecule is CC(F)Oc1ccc(NC(=O)c2n[nH]c3cc(F)c(-c4cnn(C5CCN(C)CC5)c4)cc23)cc1. The van der Waals surface area contributed by atoms with Crippen LogP contribution in [-0.4, -0.2) is 57.3 Å². The van der Waals surface area contributed by atoms with E-state index >= 15 is 0 Å². The van der Waals surface area contributed by atoms with E-state index in [1.165, 1.54) is 13.0 Å². The summed E-state index contributed by atoms with van der Waals surface area (Å²) in [5.74, 6) is -0.527. The van der Waals surface area contributed by atoms with Gasteiger partial charge in [-0.3, -0.25) is 14.6 Å². The normalized spacial score (nSPS) is 15.9. The molecule has 1 unspecified atom stereocenters. The number of amides is 1. The highest BCUT2D eigenvalue weighted by Gasteiger charge is 2.21. The molecule has 2 aromatic carbocycles. The fourth-order valence-corrected chi connectivity index (χ4v) is 4.36. The van der Waals surface area contributed by atoms with Crippen LogP contribution < -0.4 is 10.1 Å². The van der Waals surface area contributed by atoms with Crippen LogP contribution in [0.1, 0.15) is 36.3 Å². The lowest BCUT2D eigenvalue weighted by molar-refractivity contribution is 0.0860. The Kier molecular flexibility index (Phi) is 6.21. The van der Waals surface area contributed by atoms with Gasteiger partial charge in [-0.25, -0.2) is 8.78 Å². The molecule has 1 fully saturated rings. The number of fused-ring (bicyclic) bond motifs is 1. The van der Waals surface area contributed by atoms with Crippen molar-refractivity contribution in [1.82, 2.24) is 24.9 Å². The maximum Gasteiger partial charge on any atom is 0.276 e. The molecule has 0 saturated carbocycles. The van der Waals surface area contributed by atoms with Gasteiger partial charge in [0.1, 0.15) is 11.6 Å². The molecule has 5 rings (SSSR count). The average molecular weight is 481 g/mol. The maximum atomic E-state index is 15.0. The molecule has 1 atom stereocenters. The molecule has 0 radical (unpaired) electrons. The summed E-state index contributed by atoms with van der Waals surface area (Å²) < 4.78 is 34.8. The molecule has 3 heterocycles. The van der Waals surface area contributed by atoms with Gasteiger partial charge >= 0.3 is 0 Å². The number of ether oxygens (including phenoxy) is 1. The van der Waals surface area contributed by atoms with Crippen molar-refractivity contribution in [2.75, 3.05) is 25.5 Å². The van der Waals surface area contributed by atoms with Gasteiger partial charge in [0.15, 0.2) is 5.69 Å². The number of nitrogens with zero attached hydrogens (tertiary/aromatic N) is 4. The van der Waals surface area contributed by atoms with E-state index in [-0.39, 0.29) is 11.7 Å². The topological polar surface area (TPSA) is 88.1 Å². The summed E-state index contributed by atoms with van der Waals surface area (Å²) in [6, 6.07) is 9.57. The predicted octanol–water partition coefficient (Wildman–Crippen LogP) is 4.78. The van der Waals surface area contributed by atoms with Gasteiger partial charge in [0.2, 0.25) is 6.36 Å². The molecule has 2 aromatic heterocycles. The van der Waals surface area contributed by atoms with Gasteiger partial charge in [-0.2, -0.15) is 10.2 Å². The van der Waals surface area contributed by atoms with Crippen molar-refractivity contribution in [3.05, 3.63) is 60.3 Å². The molecule has 1 aliphatic heterocycles. The number of carbonyl (C=O) groups is 1. The zero-order chi connectivity index (χ0) is 24.5. The highest BCUT2D eigenvalue weighted by atomic mass is 19.1. The van der Waals surface area contributed by atoms with Crippen LogP contribution in [0.15, 0.2) is 48.8 Å². The van der Waals surface area contributed by atoms with E-state index in [1.807, 2.05) is 10.9 Å². The first-order valence-corrected chi connectivity index (χ1v) is 11.5. The largest absolute Gasteiger partial charge is 0.461 e. The number of halogens is 2. The van der Waals surface area contributed by atoms with E-state index in [0.29, 0.717) is 33.5 Å². The van der Waals surface area contributed by atoms with Gasteiger partial charge in [0, 0.05) is 41.4 Å². The number of hydrogen-bond donors (Lipinski definition) is 2. The summed E-state index contributed by atoms with van der Waals surface area (Å²) in [7, 11) is 2.10. The molecule has 4 aromatic rings. The van der Waals surface area contributed by atoms with Crippen molar-refractivity contribution in [1.29, 1.82) is 0 Å². The number of aromatic nitrogens is 4. The second kappa shape index (κ2) is 9.46. The maximum absolute atomic E-state index is 15.0. The summed E-state index contributed by atoms with van der Waals surface area (Å²) in [6.07, 6.45) is 4.07. The molecule has 0 spiro atoms.